The Morgan fingerprint density at radius 1 is 1.32 bits per heavy atom. The lowest BCUT2D eigenvalue weighted by molar-refractivity contribution is -0.221. The van der Waals surface area contributed by atoms with Crippen molar-refractivity contribution in [2.24, 2.45) is 0 Å². The van der Waals surface area contributed by atoms with Gasteiger partial charge in [-0.3, -0.25) is 9.47 Å². The number of carbonyl (C=O) groups is 1. The lowest BCUT2D eigenvalue weighted by Crippen LogP contribution is -2.41. The molecule has 0 radical (unpaired) electrons. The van der Waals surface area contributed by atoms with Crippen molar-refractivity contribution in [3.63, 3.8) is 0 Å². The molecule has 0 spiro atoms. The minimum atomic E-state index is -3.27. The van der Waals surface area contributed by atoms with Crippen LogP contribution in [0.3, 0.4) is 0 Å². The number of carboxylic acid groups (broad SMARTS) is 1. The molecular weight excluding hydrogens is 298 g/mol. The maximum atomic E-state index is 12.6. The molecule has 1 aromatic carbocycles. The molecule has 0 aliphatic carbocycles. The van der Waals surface area contributed by atoms with Crippen LogP contribution in [-0.2, 0) is 14.3 Å². The Morgan fingerprint density at radius 3 is 2.55 bits per heavy atom. The number of aliphatic carboxylic acids is 1. The van der Waals surface area contributed by atoms with Gasteiger partial charge in [-0.15, -0.1) is 0 Å². The van der Waals surface area contributed by atoms with Crippen LogP contribution in [0.2, 0.25) is 0 Å². The maximum Gasteiger partial charge on any atom is 0.372 e. The van der Waals surface area contributed by atoms with Gasteiger partial charge in [0.25, 0.3) is 5.79 Å². The van der Waals surface area contributed by atoms with Crippen molar-refractivity contribution in [1.82, 2.24) is 0 Å². The molecule has 2 unspecified atom stereocenters. The molecule has 0 aromatic heterocycles. The molecule has 2 atom stereocenters. The van der Waals surface area contributed by atoms with Gasteiger partial charge in [0.05, 0.1) is 0 Å². The summed E-state index contributed by atoms with van der Waals surface area (Å²) in [5.41, 5.74) is 0. The summed E-state index contributed by atoms with van der Waals surface area (Å²) in [5.74, 6) is -5.49. The molecule has 7 heteroatoms. The van der Waals surface area contributed by atoms with Crippen molar-refractivity contribution in [3.8, 4) is 5.75 Å². The van der Waals surface area contributed by atoms with Crippen molar-refractivity contribution in [2.45, 2.75) is 50.8 Å². The lowest BCUT2D eigenvalue weighted by Gasteiger charge is -2.18. The van der Waals surface area contributed by atoms with Gasteiger partial charge in [0.1, 0.15) is 5.75 Å². The normalized spacial score (nSPS) is 26.9. The van der Waals surface area contributed by atoms with Crippen LogP contribution in [-0.4, -0.2) is 29.3 Å². The third-order valence-corrected chi connectivity index (χ3v) is 3.44. The number of hydrogen-bond donors (Lipinski definition) is 1. The molecule has 0 amide bonds. The minimum absolute atomic E-state index is 0.148. The standard InChI is InChI=1S/C15H18F2O5/c1-2-3-7-10-14(20-11-8-5-4-6-9-11)15(22-14,12(18)19)21-13(16)17/h4-6,8-9,13H,2-3,7,10H2,1H3,(H,18,19). The monoisotopic (exact) mass is 316 g/mol. The van der Waals surface area contributed by atoms with Crippen LogP contribution in [0, 0.1) is 0 Å². The first-order valence-electron chi connectivity index (χ1n) is 7.09. The molecule has 122 valence electrons. The van der Waals surface area contributed by atoms with E-state index in [1.165, 1.54) is 0 Å². The fourth-order valence-electron chi connectivity index (χ4n) is 2.34. The van der Waals surface area contributed by atoms with Crippen LogP contribution in [0.15, 0.2) is 30.3 Å². The molecule has 0 bridgehead atoms. The highest BCUT2D eigenvalue weighted by molar-refractivity contribution is 5.80. The number of hydrogen-bond acceptors (Lipinski definition) is 4. The summed E-state index contributed by atoms with van der Waals surface area (Å²) < 4.78 is 40.1. The van der Waals surface area contributed by atoms with Crippen molar-refractivity contribution in [1.29, 1.82) is 0 Å². The maximum absolute atomic E-state index is 12.6. The van der Waals surface area contributed by atoms with Crippen LogP contribution in [0.25, 0.3) is 0 Å². The Hall–Kier alpha value is -1.73. The zero-order valence-corrected chi connectivity index (χ0v) is 12.1. The summed E-state index contributed by atoms with van der Waals surface area (Å²) >= 11 is 0. The Balaban J connectivity index is 2.21. The molecule has 22 heavy (non-hydrogen) atoms. The van der Waals surface area contributed by atoms with E-state index in [1.54, 1.807) is 30.3 Å². The van der Waals surface area contributed by atoms with E-state index in [1.807, 2.05) is 6.92 Å². The van der Waals surface area contributed by atoms with Gasteiger partial charge in [-0.25, -0.2) is 4.79 Å². The second kappa shape index (κ2) is 6.58. The van der Waals surface area contributed by atoms with Crippen molar-refractivity contribution >= 4 is 5.97 Å². The molecule has 1 fully saturated rings. The van der Waals surface area contributed by atoms with Crippen LogP contribution in [0.4, 0.5) is 8.78 Å². The van der Waals surface area contributed by atoms with Crippen LogP contribution in [0.5, 0.6) is 5.75 Å². The van der Waals surface area contributed by atoms with E-state index in [4.69, 9.17) is 9.47 Å². The summed E-state index contributed by atoms with van der Waals surface area (Å²) in [7, 11) is 0. The van der Waals surface area contributed by atoms with Gasteiger partial charge in [-0.2, -0.15) is 8.78 Å². The highest BCUT2D eigenvalue weighted by Crippen LogP contribution is 2.54. The number of alkyl halides is 2. The predicted molar refractivity (Wildman–Crippen MR) is 72.5 cm³/mol. The number of unbranched alkanes of at least 4 members (excludes halogenated alkanes) is 2. The first kappa shape index (κ1) is 16.6. The molecule has 1 N–H and O–H groups in total. The van der Waals surface area contributed by atoms with Crippen molar-refractivity contribution in [3.05, 3.63) is 30.3 Å². The van der Waals surface area contributed by atoms with Crippen molar-refractivity contribution in [2.75, 3.05) is 0 Å². The number of halogens is 2. The smallest absolute Gasteiger partial charge is 0.372 e. The SMILES string of the molecule is CCCCCC1(Oc2ccccc2)OC1(OC(F)F)C(=O)O. The third-order valence-electron chi connectivity index (χ3n) is 3.44. The Kier molecular flexibility index (Phi) is 4.97. The highest BCUT2D eigenvalue weighted by Gasteiger charge is 2.81. The Morgan fingerprint density at radius 2 is 2.00 bits per heavy atom. The first-order chi connectivity index (χ1) is 10.5. The quantitative estimate of drug-likeness (QED) is 0.558. The van der Waals surface area contributed by atoms with Crippen LogP contribution >= 0.6 is 0 Å². The van der Waals surface area contributed by atoms with Gasteiger partial charge in [0, 0.05) is 6.42 Å². The van der Waals surface area contributed by atoms with Crippen LogP contribution in [0.1, 0.15) is 32.6 Å². The largest absolute Gasteiger partial charge is 0.477 e. The van der Waals surface area contributed by atoms with Gasteiger partial charge in [-0.1, -0.05) is 38.0 Å². The Bertz CT molecular complexity index is 510. The van der Waals surface area contributed by atoms with E-state index in [9.17, 15) is 18.7 Å². The Labute approximate surface area is 126 Å². The average Bonchev–Trinajstić information content (AvgIpc) is 3.07. The topological polar surface area (TPSA) is 68.3 Å². The first-order valence-corrected chi connectivity index (χ1v) is 7.09. The lowest BCUT2D eigenvalue weighted by atomic mass is 10.1. The van der Waals surface area contributed by atoms with E-state index in [0.29, 0.717) is 12.2 Å². The summed E-state index contributed by atoms with van der Waals surface area (Å²) in [6.07, 6.45) is 2.41. The molecule has 1 saturated heterocycles. The molecular formula is C15H18F2O5. The van der Waals surface area contributed by atoms with Crippen molar-refractivity contribution < 1.29 is 32.9 Å². The summed E-state index contributed by atoms with van der Waals surface area (Å²) in [6, 6.07) is 8.32. The van der Waals surface area contributed by atoms with E-state index in [2.05, 4.69) is 4.74 Å². The summed E-state index contributed by atoms with van der Waals surface area (Å²) in [4.78, 5) is 11.4. The third kappa shape index (κ3) is 3.20. The fraction of sp³-hybridized carbons (Fsp3) is 0.533. The number of para-hydroxylation sites is 1. The molecule has 5 nitrogen and oxygen atoms in total. The zero-order valence-electron chi connectivity index (χ0n) is 12.1. The number of epoxide rings is 1. The van der Waals surface area contributed by atoms with Gasteiger partial charge in [-0.05, 0) is 18.6 Å². The van der Waals surface area contributed by atoms with Gasteiger partial charge in [0.2, 0.25) is 0 Å². The number of ether oxygens (including phenoxy) is 3. The fourth-order valence-corrected chi connectivity index (χ4v) is 2.34. The number of carboxylic acids is 1. The molecule has 1 aliphatic rings. The second-order valence-electron chi connectivity index (χ2n) is 5.03. The molecule has 1 heterocycles. The molecule has 2 rings (SSSR count). The molecule has 1 aromatic rings. The van der Waals surface area contributed by atoms with Gasteiger partial charge >= 0.3 is 18.4 Å². The van der Waals surface area contributed by atoms with Gasteiger partial charge < -0.3 is 9.84 Å². The predicted octanol–water partition coefficient (Wildman–Crippen LogP) is 3.39. The molecule has 0 saturated carbocycles. The van der Waals surface area contributed by atoms with E-state index < -0.39 is 24.2 Å². The van der Waals surface area contributed by atoms with Crippen LogP contribution < -0.4 is 4.74 Å². The summed E-state index contributed by atoms with van der Waals surface area (Å²) in [5, 5.41) is 9.26. The minimum Gasteiger partial charge on any atom is -0.477 e. The van der Waals surface area contributed by atoms with Gasteiger partial charge in [0.15, 0.2) is 0 Å². The van der Waals surface area contributed by atoms with E-state index in [-0.39, 0.29) is 6.42 Å². The second-order valence-corrected chi connectivity index (χ2v) is 5.03. The molecule has 1 aliphatic heterocycles. The van der Waals surface area contributed by atoms with E-state index >= 15 is 0 Å². The number of rotatable bonds is 9. The number of benzene rings is 1. The highest BCUT2D eigenvalue weighted by atomic mass is 19.3. The van der Waals surface area contributed by atoms with E-state index in [0.717, 1.165) is 12.8 Å². The average molecular weight is 316 g/mol. The zero-order chi connectivity index (χ0) is 16.2. The summed E-state index contributed by atoms with van der Waals surface area (Å²) in [6.45, 7) is -1.30.